The van der Waals surface area contributed by atoms with Crippen LogP contribution in [0.5, 0.6) is 0 Å². The van der Waals surface area contributed by atoms with Crippen molar-refractivity contribution in [3.8, 4) is 12.1 Å². The Morgan fingerprint density at radius 3 is 2.28 bits per heavy atom. The van der Waals surface area contributed by atoms with Gasteiger partial charge in [0.2, 0.25) is 0 Å². The first-order valence-electron chi connectivity index (χ1n) is 5.12. The van der Waals surface area contributed by atoms with E-state index in [1.165, 1.54) is 6.20 Å². The van der Waals surface area contributed by atoms with E-state index in [1.807, 2.05) is 6.92 Å². The first kappa shape index (κ1) is 14.2. The maximum atomic E-state index is 8.54. The molecule has 1 rings (SSSR count). The van der Waals surface area contributed by atoms with Gasteiger partial charge >= 0.3 is 0 Å². The summed E-state index contributed by atoms with van der Waals surface area (Å²) in [6.07, 6.45) is 2.07. The van der Waals surface area contributed by atoms with Gasteiger partial charge < -0.3 is 5.43 Å². The summed E-state index contributed by atoms with van der Waals surface area (Å²) < 4.78 is 0. The van der Waals surface area contributed by atoms with E-state index in [4.69, 9.17) is 33.7 Å². The van der Waals surface area contributed by atoms with Crippen molar-refractivity contribution in [2.24, 2.45) is 0 Å². The molecule has 0 aliphatic rings. The molecule has 6 heteroatoms. The summed E-state index contributed by atoms with van der Waals surface area (Å²) in [7, 11) is 0. The third kappa shape index (κ3) is 3.56. The van der Waals surface area contributed by atoms with E-state index in [1.54, 1.807) is 24.3 Å². The topological polar surface area (TPSA) is 71.6 Å². The minimum atomic E-state index is -0.0556. The van der Waals surface area contributed by atoms with Gasteiger partial charge in [0.1, 0.15) is 17.7 Å². The Morgan fingerprint density at radius 2 is 1.83 bits per heavy atom. The minimum Gasteiger partial charge on any atom is -0.306 e. The largest absolute Gasteiger partial charge is 0.306 e. The molecule has 0 spiro atoms. The molecule has 0 saturated heterocycles. The van der Waals surface area contributed by atoms with Crippen molar-refractivity contribution >= 4 is 28.9 Å². The van der Waals surface area contributed by atoms with Gasteiger partial charge in [-0.2, -0.15) is 10.5 Å². The number of allylic oxidation sites excluding steroid dienone is 1. The third-order valence-electron chi connectivity index (χ3n) is 2.16. The summed E-state index contributed by atoms with van der Waals surface area (Å²) >= 11 is 12.1. The highest BCUT2D eigenvalue weighted by molar-refractivity contribution is 6.39. The monoisotopic (exact) mass is 280 g/mol. The smallest absolute Gasteiger partial charge is 0.147 e. The molecular weight excluding hydrogens is 271 g/mol. The standard InChI is InChI=1S/C12H10Cl2N4/c1-2-8-3-10(13)12(11(14)4-8)18-17-7-9(5-15)6-16/h3-4,7,17-18H,2H2,1H3. The summed E-state index contributed by atoms with van der Waals surface area (Å²) in [4.78, 5) is 0. The maximum absolute atomic E-state index is 8.54. The van der Waals surface area contributed by atoms with Crippen molar-refractivity contribution in [2.45, 2.75) is 13.3 Å². The lowest BCUT2D eigenvalue weighted by molar-refractivity contribution is 1.05. The van der Waals surface area contributed by atoms with Crippen molar-refractivity contribution in [1.29, 1.82) is 10.5 Å². The van der Waals surface area contributed by atoms with Gasteiger partial charge in [0.05, 0.1) is 15.7 Å². The number of rotatable bonds is 4. The second kappa shape index (κ2) is 6.76. The van der Waals surface area contributed by atoms with Crippen LogP contribution in [-0.2, 0) is 6.42 Å². The highest BCUT2D eigenvalue weighted by atomic mass is 35.5. The molecule has 18 heavy (non-hydrogen) atoms. The van der Waals surface area contributed by atoms with Crippen LogP contribution in [0.1, 0.15) is 12.5 Å². The second-order valence-electron chi connectivity index (χ2n) is 3.34. The van der Waals surface area contributed by atoms with Gasteiger partial charge in [0, 0.05) is 6.20 Å². The summed E-state index contributed by atoms with van der Waals surface area (Å²) in [5.41, 5.74) is 6.81. The molecule has 1 aromatic carbocycles. The SMILES string of the molecule is CCc1cc(Cl)c(NNC=C(C#N)C#N)c(Cl)c1. The summed E-state index contributed by atoms with van der Waals surface area (Å²) in [6.45, 7) is 2.00. The third-order valence-corrected chi connectivity index (χ3v) is 2.76. The van der Waals surface area contributed by atoms with E-state index in [2.05, 4.69) is 10.9 Å². The van der Waals surface area contributed by atoms with E-state index in [-0.39, 0.29) is 5.57 Å². The highest BCUT2D eigenvalue weighted by Gasteiger charge is 2.06. The quantitative estimate of drug-likeness (QED) is 0.655. The molecule has 2 N–H and O–H groups in total. The lowest BCUT2D eigenvalue weighted by Gasteiger charge is -2.11. The van der Waals surface area contributed by atoms with Crippen LogP contribution in [0, 0.1) is 22.7 Å². The van der Waals surface area contributed by atoms with Crippen molar-refractivity contribution in [3.05, 3.63) is 39.5 Å². The number of hydrogen-bond acceptors (Lipinski definition) is 4. The van der Waals surface area contributed by atoms with Gasteiger partial charge in [-0.05, 0) is 24.1 Å². The number of hydrazine groups is 1. The molecule has 0 atom stereocenters. The number of benzene rings is 1. The average molecular weight is 281 g/mol. The van der Waals surface area contributed by atoms with Crippen molar-refractivity contribution in [3.63, 3.8) is 0 Å². The zero-order chi connectivity index (χ0) is 13.5. The second-order valence-corrected chi connectivity index (χ2v) is 4.15. The van der Waals surface area contributed by atoms with Gasteiger partial charge in [-0.1, -0.05) is 30.1 Å². The number of halogens is 2. The van der Waals surface area contributed by atoms with Gasteiger partial charge in [-0.25, -0.2) is 0 Å². The molecule has 0 aliphatic heterocycles. The molecule has 0 radical (unpaired) electrons. The van der Waals surface area contributed by atoms with Crippen LogP contribution in [-0.4, -0.2) is 0 Å². The van der Waals surface area contributed by atoms with Crippen LogP contribution in [0.3, 0.4) is 0 Å². The van der Waals surface area contributed by atoms with Gasteiger partial charge in [0.15, 0.2) is 0 Å². The lowest BCUT2D eigenvalue weighted by atomic mass is 10.1. The fraction of sp³-hybridized carbons (Fsp3) is 0.167. The van der Waals surface area contributed by atoms with Crippen LogP contribution in [0.2, 0.25) is 10.0 Å². The van der Waals surface area contributed by atoms with Crippen LogP contribution in [0.4, 0.5) is 5.69 Å². The number of nitrogens with one attached hydrogen (secondary N) is 2. The highest BCUT2D eigenvalue weighted by Crippen LogP contribution is 2.31. The molecule has 0 fully saturated rings. The zero-order valence-electron chi connectivity index (χ0n) is 9.59. The molecule has 0 unspecified atom stereocenters. The van der Waals surface area contributed by atoms with Gasteiger partial charge in [-0.3, -0.25) is 5.43 Å². The summed E-state index contributed by atoms with van der Waals surface area (Å²) in [6, 6.07) is 7.04. The Hall–Kier alpha value is -1.88. The Kier molecular flexibility index (Phi) is 5.32. The fourth-order valence-corrected chi connectivity index (χ4v) is 1.85. The lowest BCUT2D eigenvalue weighted by Crippen LogP contribution is -2.15. The van der Waals surface area contributed by atoms with E-state index in [0.29, 0.717) is 15.7 Å². The molecular formula is C12H10Cl2N4. The van der Waals surface area contributed by atoms with E-state index >= 15 is 0 Å². The Balaban J connectivity index is 2.84. The number of anilines is 1. The zero-order valence-corrected chi connectivity index (χ0v) is 11.1. The molecule has 0 heterocycles. The van der Waals surface area contributed by atoms with E-state index < -0.39 is 0 Å². The molecule has 0 aromatic heterocycles. The van der Waals surface area contributed by atoms with Crippen molar-refractivity contribution < 1.29 is 0 Å². The first-order valence-corrected chi connectivity index (χ1v) is 5.87. The molecule has 0 bridgehead atoms. The van der Waals surface area contributed by atoms with E-state index in [9.17, 15) is 0 Å². The molecule has 1 aromatic rings. The molecule has 92 valence electrons. The minimum absolute atomic E-state index is 0.0556. The normalized spacial score (nSPS) is 8.94. The fourth-order valence-electron chi connectivity index (χ4n) is 1.22. The predicted molar refractivity (Wildman–Crippen MR) is 71.9 cm³/mol. The number of nitriles is 2. The first-order chi connectivity index (χ1) is 8.62. The Bertz CT molecular complexity index is 513. The summed E-state index contributed by atoms with van der Waals surface area (Å²) in [5.74, 6) is 0. The van der Waals surface area contributed by atoms with Gasteiger partial charge in [0.25, 0.3) is 0 Å². The van der Waals surface area contributed by atoms with Crippen LogP contribution < -0.4 is 10.9 Å². The van der Waals surface area contributed by atoms with Gasteiger partial charge in [-0.15, -0.1) is 0 Å². The van der Waals surface area contributed by atoms with E-state index in [0.717, 1.165) is 12.0 Å². The van der Waals surface area contributed by atoms with Crippen LogP contribution >= 0.6 is 23.2 Å². The predicted octanol–water partition coefficient (Wildman–Crippen LogP) is 3.40. The number of hydrogen-bond donors (Lipinski definition) is 2. The Labute approximate surface area is 115 Å². The molecule has 0 aliphatic carbocycles. The number of aryl methyl sites for hydroxylation is 1. The average Bonchev–Trinajstić information content (AvgIpc) is 2.37. The van der Waals surface area contributed by atoms with Crippen LogP contribution in [0.25, 0.3) is 0 Å². The molecule has 0 saturated carbocycles. The summed E-state index contributed by atoms with van der Waals surface area (Å²) in [5, 5.41) is 18.0. The maximum Gasteiger partial charge on any atom is 0.147 e. The molecule has 0 amide bonds. The van der Waals surface area contributed by atoms with Crippen molar-refractivity contribution in [2.75, 3.05) is 5.43 Å². The molecule has 4 nitrogen and oxygen atoms in total. The van der Waals surface area contributed by atoms with Crippen molar-refractivity contribution in [1.82, 2.24) is 5.43 Å². The number of nitrogens with zero attached hydrogens (tertiary/aromatic N) is 2. The Morgan fingerprint density at radius 1 is 1.28 bits per heavy atom. The van der Waals surface area contributed by atoms with Crippen LogP contribution in [0.15, 0.2) is 23.9 Å².